The summed E-state index contributed by atoms with van der Waals surface area (Å²) < 4.78 is 10.6. The molecule has 0 radical (unpaired) electrons. The molecule has 0 spiro atoms. The average Bonchev–Trinajstić information content (AvgIpc) is 2.80. The Morgan fingerprint density at radius 2 is 1.36 bits per heavy atom. The smallest absolute Gasteiger partial charge is 0.339 e. The number of methoxy groups -OCH3 is 1. The standard InChI is InChI=1S/C25H20O8/c1-32-19-7-3-16(4-8-19)22(27)14-18(26)12-15-2-11-23(21(13-15)25(30)31)33-20-9-5-17(6-10-20)24(28)29/h2-11,13H,12,14H2,1H3,(H,28,29)(H,30,31). The van der Waals surface area contributed by atoms with Gasteiger partial charge in [0.05, 0.1) is 19.1 Å². The highest BCUT2D eigenvalue weighted by atomic mass is 16.5. The van der Waals surface area contributed by atoms with Crippen molar-refractivity contribution in [3.05, 3.63) is 89.0 Å². The summed E-state index contributed by atoms with van der Waals surface area (Å²) in [5.74, 6) is -2.15. The first-order valence-electron chi connectivity index (χ1n) is 9.83. The maximum absolute atomic E-state index is 12.4. The Balaban J connectivity index is 1.70. The van der Waals surface area contributed by atoms with Gasteiger partial charge in [-0.25, -0.2) is 9.59 Å². The number of carbonyl (C=O) groups excluding carboxylic acids is 2. The molecule has 8 heteroatoms. The lowest BCUT2D eigenvalue weighted by Crippen LogP contribution is -2.11. The third kappa shape index (κ3) is 6.04. The summed E-state index contributed by atoms with van der Waals surface area (Å²) in [5, 5.41) is 18.5. The van der Waals surface area contributed by atoms with Crippen LogP contribution in [0.4, 0.5) is 0 Å². The van der Waals surface area contributed by atoms with E-state index in [9.17, 15) is 24.3 Å². The second-order valence-electron chi connectivity index (χ2n) is 7.11. The number of carbonyl (C=O) groups is 4. The van der Waals surface area contributed by atoms with Crippen LogP contribution in [0.1, 0.15) is 43.1 Å². The van der Waals surface area contributed by atoms with Crippen LogP contribution in [0.15, 0.2) is 66.7 Å². The molecule has 0 amide bonds. The van der Waals surface area contributed by atoms with Crippen LogP contribution in [0.5, 0.6) is 17.2 Å². The topological polar surface area (TPSA) is 127 Å². The predicted molar refractivity (Wildman–Crippen MR) is 118 cm³/mol. The molecule has 33 heavy (non-hydrogen) atoms. The number of hydrogen-bond donors (Lipinski definition) is 2. The molecule has 3 rings (SSSR count). The van der Waals surface area contributed by atoms with E-state index in [1.165, 1.54) is 43.5 Å². The van der Waals surface area contributed by atoms with Crippen molar-refractivity contribution in [2.75, 3.05) is 7.11 Å². The lowest BCUT2D eigenvalue weighted by Gasteiger charge is -2.11. The first kappa shape index (κ1) is 23.2. The minimum absolute atomic E-state index is 0.0380. The van der Waals surface area contributed by atoms with Gasteiger partial charge in [0.1, 0.15) is 28.6 Å². The van der Waals surface area contributed by atoms with Crippen molar-refractivity contribution < 1.29 is 38.9 Å². The highest BCUT2D eigenvalue weighted by molar-refractivity contribution is 6.08. The highest BCUT2D eigenvalue weighted by Crippen LogP contribution is 2.27. The van der Waals surface area contributed by atoms with Crippen LogP contribution in [-0.4, -0.2) is 40.8 Å². The number of carboxylic acids is 2. The lowest BCUT2D eigenvalue weighted by molar-refractivity contribution is -0.117. The van der Waals surface area contributed by atoms with Crippen molar-refractivity contribution in [1.82, 2.24) is 0 Å². The molecule has 168 valence electrons. The highest BCUT2D eigenvalue weighted by Gasteiger charge is 2.17. The van der Waals surface area contributed by atoms with Crippen molar-refractivity contribution in [2.24, 2.45) is 0 Å². The predicted octanol–water partition coefficient (Wildman–Crippen LogP) is 4.27. The fraction of sp³-hybridized carbons (Fsp3) is 0.120. The van der Waals surface area contributed by atoms with E-state index in [4.69, 9.17) is 14.6 Å². The molecule has 2 N–H and O–H groups in total. The van der Waals surface area contributed by atoms with E-state index in [-0.39, 0.29) is 47.0 Å². The van der Waals surface area contributed by atoms with Gasteiger partial charge >= 0.3 is 11.9 Å². The Morgan fingerprint density at radius 1 is 0.758 bits per heavy atom. The zero-order valence-electron chi connectivity index (χ0n) is 17.6. The fourth-order valence-electron chi connectivity index (χ4n) is 3.08. The van der Waals surface area contributed by atoms with Crippen molar-refractivity contribution in [3.63, 3.8) is 0 Å². The second kappa shape index (κ2) is 10.2. The van der Waals surface area contributed by atoms with Gasteiger partial charge in [0.2, 0.25) is 0 Å². The summed E-state index contributed by atoms with van der Waals surface area (Å²) in [6.45, 7) is 0. The molecular formula is C25H20O8. The van der Waals surface area contributed by atoms with Gasteiger partial charge in [0.25, 0.3) is 0 Å². The number of hydrogen-bond acceptors (Lipinski definition) is 6. The van der Waals surface area contributed by atoms with Crippen molar-refractivity contribution in [3.8, 4) is 17.2 Å². The van der Waals surface area contributed by atoms with E-state index in [0.717, 1.165) is 0 Å². The van der Waals surface area contributed by atoms with Crippen LogP contribution >= 0.6 is 0 Å². The molecular weight excluding hydrogens is 428 g/mol. The average molecular weight is 448 g/mol. The van der Waals surface area contributed by atoms with Gasteiger partial charge in [-0.3, -0.25) is 9.59 Å². The molecule has 0 saturated heterocycles. The molecule has 0 aliphatic carbocycles. The molecule has 0 unspecified atom stereocenters. The molecule has 0 saturated carbocycles. The summed E-state index contributed by atoms with van der Waals surface area (Å²) >= 11 is 0. The SMILES string of the molecule is COc1ccc(C(=O)CC(=O)Cc2ccc(Oc3ccc(C(=O)O)cc3)c(C(=O)O)c2)cc1. The zero-order chi connectivity index (χ0) is 24.0. The van der Waals surface area contributed by atoms with Crippen LogP contribution in [0.2, 0.25) is 0 Å². The maximum Gasteiger partial charge on any atom is 0.339 e. The molecule has 3 aromatic rings. The number of ketones is 2. The number of benzene rings is 3. The molecule has 3 aromatic carbocycles. The number of Topliss-reactive ketones (excluding diaryl/α,β-unsaturated/α-hetero) is 2. The van der Waals surface area contributed by atoms with Crippen molar-refractivity contribution in [2.45, 2.75) is 12.8 Å². The van der Waals surface area contributed by atoms with Crippen molar-refractivity contribution >= 4 is 23.5 Å². The summed E-state index contributed by atoms with van der Waals surface area (Å²) in [7, 11) is 1.51. The minimum Gasteiger partial charge on any atom is -0.497 e. The first-order chi connectivity index (χ1) is 15.8. The Bertz CT molecular complexity index is 1190. The van der Waals surface area contributed by atoms with Gasteiger partial charge in [-0.2, -0.15) is 0 Å². The van der Waals surface area contributed by atoms with E-state index in [2.05, 4.69) is 0 Å². The first-order valence-corrected chi connectivity index (χ1v) is 9.83. The Morgan fingerprint density at radius 3 is 1.94 bits per heavy atom. The third-order valence-electron chi connectivity index (χ3n) is 4.77. The fourth-order valence-corrected chi connectivity index (χ4v) is 3.08. The Hall–Kier alpha value is -4.46. The largest absolute Gasteiger partial charge is 0.497 e. The summed E-state index contributed by atoms with van der Waals surface area (Å²) in [4.78, 5) is 47.4. The van der Waals surface area contributed by atoms with Gasteiger partial charge in [-0.05, 0) is 66.2 Å². The van der Waals surface area contributed by atoms with E-state index >= 15 is 0 Å². The van der Waals surface area contributed by atoms with Gasteiger partial charge in [0.15, 0.2) is 5.78 Å². The number of ether oxygens (including phenoxy) is 2. The normalized spacial score (nSPS) is 10.3. The van der Waals surface area contributed by atoms with E-state index in [0.29, 0.717) is 16.9 Å². The summed E-state index contributed by atoms with van der Waals surface area (Å²) in [5.41, 5.74) is 0.712. The second-order valence-corrected chi connectivity index (χ2v) is 7.11. The molecule has 8 nitrogen and oxygen atoms in total. The van der Waals surface area contributed by atoms with Gasteiger partial charge in [-0.15, -0.1) is 0 Å². The van der Waals surface area contributed by atoms with E-state index in [1.54, 1.807) is 30.3 Å². The van der Waals surface area contributed by atoms with Gasteiger partial charge in [0, 0.05) is 12.0 Å². The quantitative estimate of drug-likeness (QED) is 0.348. The molecule has 0 bridgehead atoms. The Labute approximate surface area is 189 Å². The molecule has 0 heterocycles. The number of aromatic carboxylic acids is 2. The van der Waals surface area contributed by atoms with Crippen LogP contribution in [-0.2, 0) is 11.2 Å². The molecule has 0 atom stereocenters. The minimum atomic E-state index is -1.25. The van der Waals surface area contributed by atoms with E-state index in [1.807, 2.05) is 0 Å². The van der Waals surface area contributed by atoms with Gasteiger partial charge in [-0.1, -0.05) is 6.07 Å². The van der Waals surface area contributed by atoms with Crippen LogP contribution in [0.25, 0.3) is 0 Å². The molecule has 0 fully saturated rings. The Kier molecular flexibility index (Phi) is 7.20. The third-order valence-corrected chi connectivity index (χ3v) is 4.77. The van der Waals surface area contributed by atoms with Gasteiger partial charge < -0.3 is 19.7 Å². The van der Waals surface area contributed by atoms with Crippen molar-refractivity contribution in [1.29, 1.82) is 0 Å². The molecule has 0 aliphatic heterocycles. The zero-order valence-corrected chi connectivity index (χ0v) is 17.6. The number of carboxylic acid groups (broad SMARTS) is 2. The van der Waals surface area contributed by atoms with Crippen LogP contribution in [0, 0.1) is 0 Å². The monoisotopic (exact) mass is 448 g/mol. The maximum atomic E-state index is 12.4. The lowest BCUT2D eigenvalue weighted by atomic mass is 10.00. The number of rotatable bonds is 10. The summed E-state index contributed by atoms with van der Waals surface area (Å²) in [6.07, 6.45) is -0.432. The van der Waals surface area contributed by atoms with E-state index < -0.39 is 11.9 Å². The van der Waals surface area contributed by atoms with Crippen LogP contribution < -0.4 is 9.47 Å². The molecule has 0 aromatic heterocycles. The summed E-state index contributed by atoms with van der Waals surface area (Å²) in [6, 6.07) is 16.2. The van der Waals surface area contributed by atoms with Crippen LogP contribution in [0.3, 0.4) is 0 Å². The molecule has 0 aliphatic rings.